The summed E-state index contributed by atoms with van der Waals surface area (Å²) in [6.45, 7) is 6.85. The van der Waals surface area contributed by atoms with Crippen LogP contribution in [0.4, 0.5) is 0 Å². The van der Waals surface area contributed by atoms with Gasteiger partial charge in [-0.1, -0.05) is 52.9 Å². The van der Waals surface area contributed by atoms with E-state index in [1.54, 1.807) is 0 Å². The Kier molecular flexibility index (Phi) is 15.1. The van der Waals surface area contributed by atoms with Crippen LogP contribution >= 0.6 is 0 Å². The maximum Gasteiger partial charge on any atom is 0.231 e. The van der Waals surface area contributed by atoms with Gasteiger partial charge in [0.15, 0.2) is 0 Å². The minimum absolute atomic E-state index is 0.750. The Morgan fingerprint density at radius 2 is 1.75 bits per heavy atom. The first kappa shape index (κ1) is 13.9. The van der Waals surface area contributed by atoms with E-state index in [0.29, 0.717) is 0 Å². The van der Waals surface area contributed by atoms with Gasteiger partial charge >= 0.3 is 0 Å². The molecule has 0 atom stereocenters. The number of nitrogens with one attached hydrogen (secondary N) is 1. The highest BCUT2D eigenvalue weighted by atomic mass is 16.1. The molecule has 0 fully saturated rings. The van der Waals surface area contributed by atoms with E-state index >= 15 is 0 Å². The normalized spacial score (nSPS) is 8.67. The van der Waals surface area contributed by atoms with Gasteiger partial charge < -0.3 is 0 Å². The first-order chi connectivity index (χ1) is 5.68. The Bertz CT molecular complexity index is 104. The predicted molar refractivity (Wildman–Crippen MR) is 52.0 cm³/mol. The average Bonchev–Trinajstić information content (AvgIpc) is 1.99. The number of hydrogen-bond donors (Lipinski definition) is 1. The summed E-state index contributed by atoms with van der Waals surface area (Å²) in [5, 5.41) is 5.40. The van der Waals surface area contributed by atoms with Crippen molar-refractivity contribution in [1.29, 1.82) is 5.41 Å². The number of hydrogen-bond acceptors (Lipinski definition) is 2. The molecule has 0 aromatic heterocycles. The molecule has 0 saturated heterocycles. The highest BCUT2D eigenvalue weighted by Crippen LogP contribution is 2.08. The summed E-state index contributed by atoms with van der Waals surface area (Å²) in [5.41, 5.74) is 0. The van der Waals surface area contributed by atoms with E-state index in [4.69, 9.17) is 10.2 Å². The molecule has 0 aromatic rings. The molecule has 0 unspecified atom stereocenters. The van der Waals surface area contributed by atoms with E-state index in [2.05, 4.69) is 20.8 Å². The van der Waals surface area contributed by atoms with Crippen LogP contribution < -0.4 is 0 Å². The Balaban J connectivity index is 0. The SMILES string of the molecule is CCCCCCC(C)C.N=C=O. The van der Waals surface area contributed by atoms with E-state index in [-0.39, 0.29) is 0 Å². The maximum absolute atomic E-state index is 8.35. The molecule has 12 heavy (non-hydrogen) atoms. The van der Waals surface area contributed by atoms with Gasteiger partial charge in [-0.05, 0) is 5.92 Å². The Morgan fingerprint density at radius 1 is 1.25 bits per heavy atom. The average molecular weight is 171 g/mol. The molecule has 0 spiro atoms. The summed E-state index contributed by atoms with van der Waals surface area (Å²) >= 11 is 0. The summed E-state index contributed by atoms with van der Waals surface area (Å²) in [6, 6.07) is 0. The lowest BCUT2D eigenvalue weighted by Gasteiger charge is -2.01. The van der Waals surface area contributed by atoms with Gasteiger partial charge in [-0.3, -0.25) is 0 Å². The quantitative estimate of drug-likeness (QED) is 0.384. The van der Waals surface area contributed by atoms with Crippen LogP contribution in [0.5, 0.6) is 0 Å². The van der Waals surface area contributed by atoms with Crippen molar-refractivity contribution in [2.24, 2.45) is 5.92 Å². The van der Waals surface area contributed by atoms with Gasteiger partial charge in [0.05, 0.1) is 0 Å². The molecule has 0 aliphatic rings. The van der Waals surface area contributed by atoms with Crippen molar-refractivity contribution in [2.75, 3.05) is 0 Å². The van der Waals surface area contributed by atoms with Crippen molar-refractivity contribution in [1.82, 2.24) is 0 Å². The third kappa shape index (κ3) is 22.8. The molecule has 0 heterocycles. The zero-order chi connectivity index (χ0) is 9.82. The van der Waals surface area contributed by atoms with Crippen LogP contribution in [0.25, 0.3) is 0 Å². The van der Waals surface area contributed by atoms with E-state index in [9.17, 15) is 0 Å². The zero-order valence-electron chi connectivity index (χ0n) is 8.52. The van der Waals surface area contributed by atoms with Gasteiger partial charge in [0.2, 0.25) is 6.08 Å². The van der Waals surface area contributed by atoms with Gasteiger partial charge in [0, 0.05) is 0 Å². The van der Waals surface area contributed by atoms with Gasteiger partial charge in [0.25, 0.3) is 0 Å². The second kappa shape index (κ2) is 13.0. The summed E-state index contributed by atoms with van der Waals surface area (Å²) in [4.78, 5) is 8.35. The molecule has 0 bridgehead atoms. The molecule has 0 aliphatic carbocycles. The van der Waals surface area contributed by atoms with Crippen molar-refractivity contribution in [3.63, 3.8) is 0 Å². The molecule has 0 aliphatic heterocycles. The van der Waals surface area contributed by atoms with Crippen LogP contribution in [-0.4, -0.2) is 6.08 Å². The third-order valence-electron chi connectivity index (χ3n) is 1.64. The molecule has 0 radical (unpaired) electrons. The lowest BCUT2D eigenvalue weighted by atomic mass is 10.1. The molecular formula is C10H21NO. The Labute approximate surface area is 75.9 Å². The highest BCUT2D eigenvalue weighted by Gasteiger charge is 1.91. The van der Waals surface area contributed by atoms with Crippen LogP contribution in [0.2, 0.25) is 0 Å². The summed E-state index contributed by atoms with van der Waals surface area (Å²) in [5.74, 6) is 0.904. The van der Waals surface area contributed by atoms with Gasteiger partial charge in [0.1, 0.15) is 0 Å². The molecule has 2 heteroatoms. The van der Waals surface area contributed by atoms with Gasteiger partial charge in [-0.15, -0.1) is 0 Å². The molecular weight excluding hydrogens is 150 g/mol. The van der Waals surface area contributed by atoms with Crippen molar-refractivity contribution in [2.45, 2.75) is 52.9 Å². The topological polar surface area (TPSA) is 40.9 Å². The Hall–Kier alpha value is -0.620. The van der Waals surface area contributed by atoms with Crippen LogP contribution in [0.15, 0.2) is 0 Å². The van der Waals surface area contributed by atoms with Gasteiger partial charge in [-0.2, -0.15) is 0 Å². The third-order valence-corrected chi connectivity index (χ3v) is 1.64. The van der Waals surface area contributed by atoms with Crippen LogP contribution in [0, 0.1) is 11.3 Å². The first-order valence-corrected chi connectivity index (χ1v) is 4.72. The molecule has 0 rings (SSSR count). The van der Waals surface area contributed by atoms with Crippen LogP contribution in [-0.2, 0) is 4.79 Å². The lowest BCUT2D eigenvalue weighted by Crippen LogP contribution is -1.86. The fraction of sp³-hybridized carbons (Fsp3) is 0.900. The molecule has 2 nitrogen and oxygen atoms in total. The minimum atomic E-state index is 0.750. The van der Waals surface area contributed by atoms with E-state index in [1.165, 1.54) is 32.1 Å². The maximum atomic E-state index is 8.35. The monoisotopic (exact) mass is 171 g/mol. The van der Waals surface area contributed by atoms with E-state index in [0.717, 1.165) is 12.0 Å². The summed E-state index contributed by atoms with van der Waals surface area (Å²) in [7, 11) is 0. The van der Waals surface area contributed by atoms with E-state index in [1.807, 2.05) is 0 Å². The Morgan fingerprint density at radius 3 is 2.08 bits per heavy atom. The number of isocyanates is 1. The predicted octanol–water partition coefficient (Wildman–Crippen LogP) is 3.51. The van der Waals surface area contributed by atoms with Crippen LogP contribution in [0.3, 0.4) is 0 Å². The second-order valence-corrected chi connectivity index (χ2v) is 3.35. The number of rotatable bonds is 5. The minimum Gasteiger partial charge on any atom is -0.222 e. The smallest absolute Gasteiger partial charge is 0.222 e. The molecule has 0 aromatic carbocycles. The first-order valence-electron chi connectivity index (χ1n) is 4.72. The van der Waals surface area contributed by atoms with Crippen molar-refractivity contribution >= 4 is 6.08 Å². The van der Waals surface area contributed by atoms with Crippen molar-refractivity contribution in [3.8, 4) is 0 Å². The molecule has 0 saturated carbocycles. The molecule has 72 valence electrons. The van der Waals surface area contributed by atoms with Crippen LogP contribution in [0.1, 0.15) is 52.9 Å². The second-order valence-electron chi connectivity index (χ2n) is 3.35. The summed E-state index contributed by atoms with van der Waals surface area (Å²) < 4.78 is 0. The largest absolute Gasteiger partial charge is 0.231 e. The fourth-order valence-corrected chi connectivity index (χ4v) is 0.979. The van der Waals surface area contributed by atoms with E-state index < -0.39 is 0 Å². The fourth-order valence-electron chi connectivity index (χ4n) is 0.979. The molecule has 0 amide bonds. The van der Waals surface area contributed by atoms with Crippen molar-refractivity contribution in [3.05, 3.63) is 0 Å². The highest BCUT2D eigenvalue weighted by molar-refractivity contribution is 5.26. The van der Waals surface area contributed by atoms with Gasteiger partial charge in [-0.25, -0.2) is 10.2 Å². The standard InChI is InChI=1S/C9H20.CHNO/c1-4-5-6-7-8-9(2)3;2-1-3/h9H,4-8H2,1-3H3;2H. The summed E-state index contributed by atoms with van der Waals surface area (Å²) in [6.07, 6.45) is 7.82. The number of carbonyl (C=O) groups excluding carboxylic acids is 1. The number of unbranched alkanes of at least 4 members (excludes halogenated alkanes) is 3. The zero-order valence-corrected chi connectivity index (χ0v) is 8.52. The van der Waals surface area contributed by atoms with Crippen molar-refractivity contribution < 1.29 is 4.79 Å². The lowest BCUT2D eigenvalue weighted by molar-refractivity contribution is 0.525. The molecule has 1 N–H and O–H groups in total.